The van der Waals surface area contributed by atoms with E-state index >= 15 is 0 Å². The van der Waals surface area contributed by atoms with Crippen molar-refractivity contribution in [3.05, 3.63) is 88.9 Å². The maximum absolute atomic E-state index is 10.7. The molecule has 200 valence electrons. The van der Waals surface area contributed by atoms with Crippen molar-refractivity contribution < 1.29 is 19.2 Å². The molecule has 3 aromatic carbocycles. The fourth-order valence-electron chi connectivity index (χ4n) is 3.60. The summed E-state index contributed by atoms with van der Waals surface area (Å²) in [6, 6.07) is 23.4. The number of nitrogens with zero attached hydrogens (tertiary/aromatic N) is 2. The van der Waals surface area contributed by atoms with Gasteiger partial charge in [-0.3, -0.25) is 4.79 Å². The zero-order valence-electron chi connectivity index (χ0n) is 22.4. The van der Waals surface area contributed by atoms with E-state index in [1.165, 1.54) is 5.56 Å². The fraction of sp³-hybridized carbons (Fsp3) is 0.300. The summed E-state index contributed by atoms with van der Waals surface area (Å²) in [5, 5.41) is 16.6. The predicted octanol–water partition coefficient (Wildman–Crippen LogP) is 7.14. The summed E-state index contributed by atoms with van der Waals surface area (Å²) in [5.74, 6) is 0.623. The lowest BCUT2D eigenvalue weighted by molar-refractivity contribution is -0.136. The van der Waals surface area contributed by atoms with Crippen LogP contribution in [0.2, 0.25) is 5.02 Å². The third kappa shape index (κ3) is 8.43. The summed E-state index contributed by atoms with van der Waals surface area (Å²) in [5.41, 5.74) is 3.49. The van der Waals surface area contributed by atoms with Crippen molar-refractivity contribution in [3.8, 4) is 28.6 Å². The minimum atomic E-state index is -0.825. The van der Waals surface area contributed by atoms with Crippen molar-refractivity contribution in [1.82, 2.24) is 15.5 Å². The second-order valence-corrected chi connectivity index (χ2v) is 10.1. The largest absolute Gasteiger partial charge is 0.489 e. The normalized spacial score (nSPS) is 11.1. The van der Waals surface area contributed by atoms with E-state index in [0.717, 1.165) is 16.7 Å². The SMILES string of the molecule is CC(C)Oc1ccc(-c2noc(-c3ccc(C(C)(C)NCCC(=O)O)cc3)n2)cc1Cl.Cc1ccccc1. The molecule has 7 nitrogen and oxygen atoms in total. The van der Waals surface area contributed by atoms with E-state index in [1.54, 1.807) is 12.1 Å². The molecular weight excluding hydrogens is 502 g/mol. The Labute approximate surface area is 228 Å². The van der Waals surface area contributed by atoms with Gasteiger partial charge in [-0.25, -0.2) is 0 Å². The van der Waals surface area contributed by atoms with Gasteiger partial charge in [0.15, 0.2) is 0 Å². The Kier molecular flexibility index (Phi) is 10.0. The molecule has 0 unspecified atom stereocenters. The smallest absolute Gasteiger partial charge is 0.304 e. The Balaban J connectivity index is 0.000000494. The maximum atomic E-state index is 10.7. The van der Waals surface area contributed by atoms with Gasteiger partial charge in [-0.1, -0.05) is 64.8 Å². The first-order valence-corrected chi connectivity index (χ1v) is 12.8. The molecule has 1 heterocycles. The van der Waals surface area contributed by atoms with Crippen LogP contribution in [0.15, 0.2) is 77.3 Å². The lowest BCUT2D eigenvalue weighted by atomic mass is 9.93. The average Bonchev–Trinajstić information content (AvgIpc) is 3.36. The molecule has 8 heteroatoms. The van der Waals surface area contributed by atoms with Gasteiger partial charge in [0.05, 0.1) is 17.5 Å². The monoisotopic (exact) mass is 535 g/mol. The van der Waals surface area contributed by atoms with E-state index in [4.69, 9.17) is 26.0 Å². The number of nitrogens with one attached hydrogen (secondary N) is 1. The van der Waals surface area contributed by atoms with Gasteiger partial charge < -0.3 is 19.7 Å². The highest BCUT2D eigenvalue weighted by Gasteiger charge is 2.20. The van der Waals surface area contributed by atoms with Crippen molar-refractivity contribution >= 4 is 17.6 Å². The molecular formula is C30H34ClN3O4. The number of halogens is 1. The number of benzene rings is 3. The Bertz CT molecular complexity index is 1320. The van der Waals surface area contributed by atoms with E-state index in [0.29, 0.717) is 29.0 Å². The number of ether oxygens (including phenoxy) is 1. The third-order valence-electron chi connectivity index (χ3n) is 5.68. The van der Waals surface area contributed by atoms with Gasteiger partial charge in [0.25, 0.3) is 5.89 Å². The van der Waals surface area contributed by atoms with E-state index < -0.39 is 5.97 Å². The molecule has 2 N–H and O–H groups in total. The van der Waals surface area contributed by atoms with Crippen LogP contribution in [0.5, 0.6) is 5.75 Å². The van der Waals surface area contributed by atoms with Crippen molar-refractivity contribution in [3.63, 3.8) is 0 Å². The first-order valence-electron chi connectivity index (χ1n) is 12.4. The molecule has 0 fully saturated rings. The molecule has 0 bridgehead atoms. The first-order chi connectivity index (χ1) is 18.0. The quantitative estimate of drug-likeness (QED) is 0.235. The van der Waals surface area contributed by atoms with Crippen LogP contribution in [0.4, 0.5) is 0 Å². The molecule has 1 aromatic heterocycles. The van der Waals surface area contributed by atoms with Gasteiger partial charge in [0.2, 0.25) is 5.82 Å². The van der Waals surface area contributed by atoms with Gasteiger partial charge in [-0.15, -0.1) is 0 Å². The van der Waals surface area contributed by atoms with E-state index in [1.807, 2.05) is 76.2 Å². The van der Waals surface area contributed by atoms with E-state index in [9.17, 15) is 4.79 Å². The molecule has 4 aromatic rings. The number of hydrogen-bond donors (Lipinski definition) is 2. The lowest BCUT2D eigenvalue weighted by Gasteiger charge is -2.27. The molecule has 4 rings (SSSR count). The summed E-state index contributed by atoms with van der Waals surface area (Å²) >= 11 is 6.31. The van der Waals surface area contributed by atoms with E-state index in [-0.39, 0.29) is 18.1 Å². The van der Waals surface area contributed by atoms with Crippen molar-refractivity contribution in [2.45, 2.75) is 52.7 Å². The summed E-state index contributed by atoms with van der Waals surface area (Å²) in [4.78, 5) is 15.2. The Morgan fingerprint density at radius 2 is 1.71 bits per heavy atom. The lowest BCUT2D eigenvalue weighted by Crippen LogP contribution is -2.37. The van der Waals surface area contributed by atoms with Crippen LogP contribution in [0.3, 0.4) is 0 Å². The molecule has 0 aliphatic heterocycles. The maximum Gasteiger partial charge on any atom is 0.304 e. The minimum Gasteiger partial charge on any atom is -0.489 e. The average molecular weight is 536 g/mol. The highest BCUT2D eigenvalue weighted by molar-refractivity contribution is 6.32. The number of rotatable bonds is 9. The van der Waals surface area contributed by atoms with Crippen LogP contribution in [0, 0.1) is 6.92 Å². The van der Waals surface area contributed by atoms with Crippen molar-refractivity contribution in [1.29, 1.82) is 0 Å². The van der Waals surface area contributed by atoms with Crippen LogP contribution in [-0.2, 0) is 10.3 Å². The Hall–Kier alpha value is -3.68. The van der Waals surface area contributed by atoms with Gasteiger partial charge >= 0.3 is 5.97 Å². The molecule has 0 saturated heterocycles. The number of carbonyl (C=O) groups is 1. The Morgan fingerprint density at radius 3 is 2.26 bits per heavy atom. The molecule has 38 heavy (non-hydrogen) atoms. The topological polar surface area (TPSA) is 97.5 Å². The van der Waals surface area contributed by atoms with Gasteiger partial charge in [0, 0.05) is 23.2 Å². The fourth-order valence-corrected chi connectivity index (χ4v) is 3.82. The predicted molar refractivity (Wildman–Crippen MR) is 150 cm³/mol. The third-order valence-corrected chi connectivity index (χ3v) is 5.97. The highest BCUT2D eigenvalue weighted by atomic mass is 35.5. The summed E-state index contributed by atoms with van der Waals surface area (Å²) < 4.78 is 11.1. The second-order valence-electron chi connectivity index (χ2n) is 9.66. The number of aryl methyl sites for hydroxylation is 1. The zero-order chi connectivity index (χ0) is 27.7. The van der Waals surface area contributed by atoms with Crippen LogP contribution in [-0.4, -0.2) is 33.9 Å². The van der Waals surface area contributed by atoms with E-state index in [2.05, 4.69) is 34.5 Å². The number of hydrogen-bond acceptors (Lipinski definition) is 6. The van der Waals surface area contributed by atoms with Crippen LogP contribution in [0.1, 0.15) is 45.2 Å². The van der Waals surface area contributed by atoms with Crippen LogP contribution >= 0.6 is 11.6 Å². The molecule has 0 saturated carbocycles. The van der Waals surface area contributed by atoms with Gasteiger partial charge in [-0.2, -0.15) is 4.98 Å². The van der Waals surface area contributed by atoms with Crippen LogP contribution < -0.4 is 10.1 Å². The van der Waals surface area contributed by atoms with Gasteiger partial charge in [0.1, 0.15) is 5.75 Å². The molecule has 0 atom stereocenters. The standard InChI is InChI=1S/C23H26ClN3O4.C7H8/c1-14(2)30-19-10-7-16(13-18(19)24)21-26-22(31-27-21)15-5-8-17(9-6-15)23(3,4)25-12-11-20(28)29;1-7-5-3-2-4-6-7/h5-10,13-14,25H,11-12H2,1-4H3,(H,28,29);2-6H,1H3. The van der Waals surface area contributed by atoms with Crippen molar-refractivity contribution in [2.24, 2.45) is 0 Å². The Morgan fingerprint density at radius 1 is 1.05 bits per heavy atom. The summed E-state index contributed by atoms with van der Waals surface area (Å²) in [6.07, 6.45) is 0.0985. The number of carboxylic acid groups (broad SMARTS) is 1. The molecule has 0 radical (unpaired) electrons. The molecule has 0 aliphatic carbocycles. The number of aliphatic carboxylic acids is 1. The minimum absolute atomic E-state index is 0.0282. The number of carboxylic acids is 1. The van der Waals surface area contributed by atoms with Crippen molar-refractivity contribution in [2.75, 3.05) is 6.54 Å². The molecule has 0 spiro atoms. The highest BCUT2D eigenvalue weighted by Crippen LogP contribution is 2.31. The second kappa shape index (κ2) is 13.2. The summed E-state index contributed by atoms with van der Waals surface area (Å²) in [6.45, 7) is 10.4. The van der Waals surface area contributed by atoms with Crippen LogP contribution in [0.25, 0.3) is 22.8 Å². The first kappa shape index (κ1) is 28.9. The molecule has 0 aliphatic rings. The number of aromatic nitrogens is 2. The van der Waals surface area contributed by atoms with Gasteiger partial charge in [-0.05, 0) is 70.5 Å². The summed E-state index contributed by atoms with van der Waals surface area (Å²) in [7, 11) is 0. The molecule has 0 amide bonds. The zero-order valence-corrected chi connectivity index (χ0v) is 23.1.